The molecule has 10 aromatic rings. The summed E-state index contributed by atoms with van der Waals surface area (Å²) in [6.07, 6.45) is 0. The van der Waals surface area contributed by atoms with Gasteiger partial charge in [0, 0.05) is 54.3 Å². The maximum atomic E-state index is 5.26. The first kappa shape index (κ1) is 28.0. The Morgan fingerprint density at radius 3 is 1.78 bits per heavy atom. The zero-order valence-electron chi connectivity index (χ0n) is 26.3. The fourth-order valence-corrected chi connectivity index (χ4v) is 7.84. The van der Waals surface area contributed by atoms with Crippen LogP contribution in [0.3, 0.4) is 0 Å². The van der Waals surface area contributed by atoms with Crippen LogP contribution in [0, 0.1) is 0 Å². The predicted octanol–water partition coefficient (Wildman–Crippen LogP) is 11.9. The van der Waals surface area contributed by atoms with Gasteiger partial charge in [-0.3, -0.25) is 4.57 Å². The molecule has 0 aliphatic rings. The number of para-hydroxylation sites is 2. The molecule has 3 aromatic heterocycles. The van der Waals surface area contributed by atoms with E-state index < -0.39 is 0 Å². The van der Waals surface area contributed by atoms with Crippen molar-refractivity contribution in [2.24, 2.45) is 0 Å². The highest BCUT2D eigenvalue weighted by molar-refractivity contribution is 9.10. The van der Waals surface area contributed by atoms with Crippen LogP contribution in [-0.2, 0) is 0 Å². The lowest BCUT2D eigenvalue weighted by Crippen LogP contribution is -2.02. The first-order valence-corrected chi connectivity index (χ1v) is 17.2. The molecule has 3 heterocycles. The molecule has 0 aliphatic heterocycles. The number of rotatable bonds is 4. The Kier molecular flexibility index (Phi) is 6.30. The third-order valence-electron chi connectivity index (χ3n) is 9.57. The van der Waals surface area contributed by atoms with Gasteiger partial charge in [0.2, 0.25) is 0 Å². The monoisotopic (exact) mass is 690 g/mol. The number of nitrogens with zero attached hydrogens (tertiary/aromatic N) is 4. The lowest BCUT2D eigenvalue weighted by Gasteiger charge is -2.12. The normalized spacial score (nSPS) is 11.8. The van der Waals surface area contributed by atoms with Gasteiger partial charge in [-0.2, -0.15) is 0 Å². The van der Waals surface area contributed by atoms with Crippen molar-refractivity contribution in [2.75, 3.05) is 0 Å². The van der Waals surface area contributed by atoms with Crippen LogP contribution in [0.4, 0.5) is 0 Å². The van der Waals surface area contributed by atoms with Crippen LogP contribution in [0.15, 0.2) is 168 Å². The largest absolute Gasteiger partial charge is 0.309 e. The molecule has 230 valence electrons. The Labute approximate surface area is 290 Å². The number of hydrogen-bond acceptors (Lipinski definition) is 2. The van der Waals surface area contributed by atoms with Crippen LogP contribution < -0.4 is 0 Å². The molecule has 7 aromatic carbocycles. The van der Waals surface area contributed by atoms with Crippen molar-refractivity contribution in [1.29, 1.82) is 0 Å². The Morgan fingerprint density at radius 2 is 1.02 bits per heavy atom. The Balaban J connectivity index is 1.36. The van der Waals surface area contributed by atoms with Gasteiger partial charge in [0.1, 0.15) is 5.82 Å². The van der Waals surface area contributed by atoms with Crippen LogP contribution in [0.2, 0.25) is 0 Å². The Hall–Kier alpha value is -6.04. The topological polar surface area (TPSA) is 35.6 Å². The molecule has 0 radical (unpaired) electrons. The van der Waals surface area contributed by atoms with Gasteiger partial charge in [-0.05, 0) is 53.9 Å². The highest BCUT2D eigenvalue weighted by Gasteiger charge is 2.22. The fraction of sp³-hybridized carbons (Fsp3) is 0. The summed E-state index contributed by atoms with van der Waals surface area (Å²) in [6, 6.07) is 57.8. The van der Waals surface area contributed by atoms with E-state index in [2.05, 4.69) is 165 Å². The smallest absolute Gasteiger partial charge is 0.162 e. The van der Waals surface area contributed by atoms with Gasteiger partial charge in [-0.1, -0.05) is 125 Å². The Bertz CT molecular complexity index is 2820. The summed E-state index contributed by atoms with van der Waals surface area (Å²) >= 11 is 3.80. The number of aromatic nitrogens is 4. The highest BCUT2D eigenvalue weighted by Crippen LogP contribution is 2.44. The maximum Gasteiger partial charge on any atom is 0.162 e. The second kappa shape index (κ2) is 11.0. The van der Waals surface area contributed by atoms with Crippen molar-refractivity contribution in [3.05, 3.63) is 168 Å². The van der Waals surface area contributed by atoms with Crippen LogP contribution in [0.5, 0.6) is 0 Å². The average molecular weight is 692 g/mol. The lowest BCUT2D eigenvalue weighted by molar-refractivity contribution is 1.05. The van der Waals surface area contributed by atoms with E-state index in [1.54, 1.807) is 0 Å². The molecule has 0 aliphatic carbocycles. The van der Waals surface area contributed by atoms with Crippen molar-refractivity contribution in [1.82, 2.24) is 19.1 Å². The molecule has 0 saturated carbocycles. The van der Waals surface area contributed by atoms with E-state index in [-0.39, 0.29) is 0 Å². The van der Waals surface area contributed by atoms with E-state index in [4.69, 9.17) is 9.97 Å². The molecule has 10 rings (SSSR count). The summed E-state index contributed by atoms with van der Waals surface area (Å²) in [5.41, 5.74) is 8.62. The van der Waals surface area contributed by atoms with E-state index in [1.165, 1.54) is 43.4 Å². The second-order valence-electron chi connectivity index (χ2n) is 12.4. The maximum absolute atomic E-state index is 5.26. The number of hydrogen-bond donors (Lipinski definition) is 0. The molecule has 0 amide bonds. The molecular formula is C44H27BrN4. The molecule has 0 spiro atoms. The number of halogens is 1. The highest BCUT2D eigenvalue weighted by atomic mass is 79.9. The predicted molar refractivity (Wildman–Crippen MR) is 207 cm³/mol. The minimum absolute atomic E-state index is 0.696. The molecule has 5 heteroatoms. The summed E-state index contributed by atoms with van der Waals surface area (Å²) < 4.78 is 5.76. The first-order chi connectivity index (χ1) is 24.2. The summed E-state index contributed by atoms with van der Waals surface area (Å²) in [5.74, 6) is 1.53. The zero-order chi connectivity index (χ0) is 32.5. The minimum Gasteiger partial charge on any atom is -0.309 e. The van der Waals surface area contributed by atoms with Crippen molar-refractivity contribution < 1.29 is 0 Å². The fourth-order valence-electron chi connectivity index (χ4n) is 7.48. The van der Waals surface area contributed by atoms with Gasteiger partial charge in [0.05, 0.1) is 27.8 Å². The molecule has 4 nitrogen and oxygen atoms in total. The summed E-state index contributed by atoms with van der Waals surface area (Å²) in [7, 11) is 0. The summed E-state index contributed by atoms with van der Waals surface area (Å²) in [4.78, 5) is 10.3. The molecule has 0 fully saturated rings. The lowest BCUT2D eigenvalue weighted by atomic mass is 9.98. The molecule has 49 heavy (non-hydrogen) atoms. The third-order valence-corrected chi connectivity index (χ3v) is 10.1. The van der Waals surface area contributed by atoms with Gasteiger partial charge in [-0.25, -0.2) is 9.97 Å². The molecule has 0 N–H and O–H groups in total. The second-order valence-corrected chi connectivity index (χ2v) is 13.3. The Morgan fingerprint density at radius 1 is 0.429 bits per heavy atom. The molecule has 0 atom stereocenters. The number of fused-ring (bicyclic) bond motifs is 9. The quantitative estimate of drug-likeness (QED) is 0.184. The van der Waals surface area contributed by atoms with Crippen molar-refractivity contribution in [2.45, 2.75) is 0 Å². The van der Waals surface area contributed by atoms with Crippen molar-refractivity contribution in [3.63, 3.8) is 0 Å². The van der Waals surface area contributed by atoms with Gasteiger partial charge >= 0.3 is 0 Å². The summed E-state index contributed by atoms with van der Waals surface area (Å²) in [6.45, 7) is 0. The van der Waals surface area contributed by atoms with Gasteiger partial charge in [-0.15, -0.1) is 0 Å². The van der Waals surface area contributed by atoms with Crippen LogP contribution in [-0.4, -0.2) is 19.1 Å². The van der Waals surface area contributed by atoms with Gasteiger partial charge < -0.3 is 4.57 Å². The molecular weight excluding hydrogens is 664 g/mol. The minimum atomic E-state index is 0.696. The van der Waals surface area contributed by atoms with Crippen LogP contribution in [0.25, 0.3) is 88.5 Å². The molecule has 0 unspecified atom stereocenters. The third kappa shape index (κ3) is 4.36. The van der Waals surface area contributed by atoms with Gasteiger partial charge in [0.15, 0.2) is 5.82 Å². The SMILES string of the molecule is Brc1ccc2c(c1)c1c3c(ccc1n2-c1ccccc1)ccc1c3c2ccccc2n1-c1cc(-c2ccccc2)nc(-c2ccccc2)n1. The molecule has 0 bridgehead atoms. The van der Waals surface area contributed by atoms with E-state index in [0.29, 0.717) is 5.82 Å². The summed E-state index contributed by atoms with van der Waals surface area (Å²) in [5, 5.41) is 7.29. The van der Waals surface area contributed by atoms with E-state index in [0.717, 1.165) is 43.8 Å². The van der Waals surface area contributed by atoms with Crippen molar-refractivity contribution in [3.8, 4) is 34.2 Å². The van der Waals surface area contributed by atoms with E-state index in [1.807, 2.05) is 24.3 Å². The number of benzene rings is 7. The zero-order valence-corrected chi connectivity index (χ0v) is 27.8. The van der Waals surface area contributed by atoms with E-state index in [9.17, 15) is 0 Å². The molecule has 0 saturated heterocycles. The first-order valence-electron chi connectivity index (χ1n) is 16.4. The van der Waals surface area contributed by atoms with Crippen LogP contribution >= 0.6 is 15.9 Å². The van der Waals surface area contributed by atoms with E-state index >= 15 is 0 Å². The van der Waals surface area contributed by atoms with Crippen LogP contribution in [0.1, 0.15) is 0 Å². The van der Waals surface area contributed by atoms with Gasteiger partial charge in [0.25, 0.3) is 0 Å². The average Bonchev–Trinajstić information content (AvgIpc) is 3.68. The van der Waals surface area contributed by atoms with Crippen molar-refractivity contribution >= 4 is 70.3 Å². The standard InChI is InChI=1S/C44H27BrN4/c45-31-22-25-37-34(26-31)43-38(48(37)32-16-8-3-9-17-32)23-20-29-21-24-39-42(41(29)43)33-18-10-11-19-36(33)49(39)40-27-35(28-12-4-1-5-13-28)46-44(47-40)30-14-6-2-7-15-30/h1-27H.